The van der Waals surface area contributed by atoms with Gasteiger partial charge in [0.15, 0.2) is 0 Å². The summed E-state index contributed by atoms with van der Waals surface area (Å²) in [6, 6.07) is 9.96. The number of allylic oxidation sites excluding steroid dienone is 1. The minimum absolute atomic E-state index is 0.0588. The van der Waals surface area contributed by atoms with Gasteiger partial charge in [0.25, 0.3) is 0 Å². The van der Waals surface area contributed by atoms with Crippen LogP contribution in [0.15, 0.2) is 28.8 Å². The summed E-state index contributed by atoms with van der Waals surface area (Å²) < 4.78 is 0. The van der Waals surface area contributed by atoms with Gasteiger partial charge in [-0.3, -0.25) is 9.59 Å². The van der Waals surface area contributed by atoms with E-state index in [-0.39, 0.29) is 17.7 Å². The summed E-state index contributed by atoms with van der Waals surface area (Å²) >= 11 is 1.10. The van der Waals surface area contributed by atoms with Crippen molar-refractivity contribution in [3.05, 3.63) is 45.5 Å². The molecule has 0 fully saturated rings. The number of nitrogens with zero attached hydrogens (tertiary/aromatic N) is 2. The molecule has 2 atom stereocenters. The Morgan fingerprint density at radius 1 is 1.32 bits per heavy atom. The van der Waals surface area contributed by atoms with Crippen LogP contribution in [0, 0.1) is 47.8 Å². The molecule has 0 saturated heterocycles. The van der Waals surface area contributed by atoms with E-state index in [0.717, 1.165) is 22.9 Å². The molecule has 2 N–H and O–H groups in total. The molecule has 6 nitrogen and oxygen atoms in total. The number of hydrogen-bond acceptors (Lipinski definition) is 5. The van der Waals surface area contributed by atoms with Crippen molar-refractivity contribution in [3.63, 3.8) is 0 Å². The first-order valence-corrected chi connectivity index (χ1v) is 9.95. The fourth-order valence-corrected chi connectivity index (χ4v) is 4.06. The third-order valence-corrected chi connectivity index (χ3v) is 6.09. The molecule has 0 aliphatic carbocycles. The number of nitriles is 2. The van der Waals surface area contributed by atoms with Crippen LogP contribution in [0.4, 0.5) is 0 Å². The quantitative estimate of drug-likeness (QED) is 0.795. The second-order valence-electron chi connectivity index (χ2n) is 7.51. The zero-order chi connectivity index (χ0) is 21.1. The van der Waals surface area contributed by atoms with Crippen LogP contribution in [0.3, 0.4) is 0 Å². The smallest absolute Gasteiger partial charge is 0.243 e. The van der Waals surface area contributed by atoms with E-state index in [1.807, 2.05) is 39.0 Å². The van der Waals surface area contributed by atoms with E-state index < -0.39 is 17.2 Å². The van der Waals surface area contributed by atoms with Crippen LogP contribution < -0.4 is 10.6 Å². The molecule has 0 spiro atoms. The molecule has 2 rings (SSSR count). The first kappa shape index (κ1) is 21.5. The zero-order valence-electron chi connectivity index (χ0n) is 16.7. The van der Waals surface area contributed by atoms with Crippen molar-refractivity contribution in [3.8, 4) is 12.1 Å². The van der Waals surface area contributed by atoms with Gasteiger partial charge in [-0.25, -0.2) is 0 Å². The van der Waals surface area contributed by atoms with Gasteiger partial charge in [0, 0.05) is 5.41 Å². The standard InChI is InChI=1S/C21H24N4O2S/c1-12-6-7-15(8-13(12)2)14(3)24-18(26)11-28-20-17(10-23)21(4,5)16(9-22)19(27)25-20/h6-8,14,16H,11H2,1-5H3,(H,24,26)(H,25,27)/t14-,16+/m0/s1. The molecular formula is C21H24N4O2S. The Morgan fingerprint density at radius 3 is 2.57 bits per heavy atom. The van der Waals surface area contributed by atoms with Crippen molar-refractivity contribution in [1.29, 1.82) is 10.5 Å². The van der Waals surface area contributed by atoms with E-state index in [9.17, 15) is 20.1 Å². The van der Waals surface area contributed by atoms with Gasteiger partial charge in [0.2, 0.25) is 11.8 Å². The number of carbonyl (C=O) groups excluding carboxylic acids is 2. The fourth-order valence-electron chi connectivity index (χ4n) is 3.07. The van der Waals surface area contributed by atoms with Crippen molar-refractivity contribution < 1.29 is 9.59 Å². The average molecular weight is 397 g/mol. The summed E-state index contributed by atoms with van der Waals surface area (Å²) in [5, 5.41) is 24.7. The Morgan fingerprint density at radius 2 is 2.00 bits per heavy atom. The summed E-state index contributed by atoms with van der Waals surface area (Å²) in [5.41, 5.74) is 2.79. The highest BCUT2D eigenvalue weighted by atomic mass is 32.2. The van der Waals surface area contributed by atoms with Gasteiger partial charge < -0.3 is 10.6 Å². The van der Waals surface area contributed by atoms with Crippen molar-refractivity contribution in [2.45, 2.75) is 40.7 Å². The monoisotopic (exact) mass is 396 g/mol. The number of benzene rings is 1. The lowest BCUT2D eigenvalue weighted by Gasteiger charge is -2.34. The molecule has 1 aliphatic rings. The molecule has 7 heteroatoms. The molecule has 1 aromatic rings. The molecule has 2 amide bonds. The van der Waals surface area contributed by atoms with Gasteiger partial charge in [-0.1, -0.05) is 43.8 Å². The molecule has 1 heterocycles. The van der Waals surface area contributed by atoms with Crippen LogP contribution in [0.25, 0.3) is 0 Å². The molecule has 28 heavy (non-hydrogen) atoms. The minimum Gasteiger partial charge on any atom is -0.349 e. The predicted octanol–water partition coefficient (Wildman–Crippen LogP) is 3.24. The number of amides is 2. The Kier molecular flexibility index (Phi) is 6.53. The van der Waals surface area contributed by atoms with Crippen molar-refractivity contribution >= 4 is 23.6 Å². The topological polar surface area (TPSA) is 106 Å². The second kappa shape index (κ2) is 8.50. The third kappa shape index (κ3) is 4.37. The SMILES string of the molecule is Cc1ccc([C@H](C)NC(=O)CSC2=C(C#N)C(C)(C)[C@H](C#N)C(=O)N2)cc1C. The molecule has 0 radical (unpaired) electrons. The van der Waals surface area contributed by atoms with Crippen molar-refractivity contribution in [1.82, 2.24) is 10.6 Å². The average Bonchev–Trinajstić information content (AvgIpc) is 2.61. The maximum atomic E-state index is 12.4. The Bertz CT molecular complexity index is 921. The minimum atomic E-state index is -0.940. The molecule has 0 unspecified atom stereocenters. The first-order chi connectivity index (χ1) is 13.1. The van der Waals surface area contributed by atoms with Crippen LogP contribution in [-0.4, -0.2) is 17.6 Å². The molecule has 1 aromatic carbocycles. The van der Waals surface area contributed by atoms with Crippen LogP contribution >= 0.6 is 11.8 Å². The maximum absolute atomic E-state index is 12.4. The highest BCUT2D eigenvalue weighted by Gasteiger charge is 2.44. The van der Waals surface area contributed by atoms with Crippen LogP contribution in [0.5, 0.6) is 0 Å². The number of rotatable bonds is 5. The lowest BCUT2D eigenvalue weighted by atomic mass is 9.72. The van der Waals surface area contributed by atoms with Crippen LogP contribution in [-0.2, 0) is 9.59 Å². The molecule has 0 bridgehead atoms. The zero-order valence-corrected chi connectivity index (χ0v) is 17.5. The van der Waals surface area contributed by atoms with Gasteiger partial charge >= 0.3 is 0 Å². The van der Waals surface area contributed by atoms with E-state index in [1.165, 1.54) is 5.56 Å². The highest BCUT2D eigenvalue weighted by Crippen LogP contribution is 2.41. The van der Waals surface area contributed by atoms with Gasteiger partial charge in [-0.15, -0.1) is 0 Å². The molecule has 146 valence electrons. The number of carbonyl (C=O) groups is 2. The predicted molar refractivity (Wildman–Crippen MR) is 109 cm³/mol. The lowest BCUT2D eigenvalue weighted by molar-refractivity contribution is -0.125. The van der Waals surface area contributed by atoms with E-state index in [4.69, 9.17) is 0 Å². The third-order valence-electron chi connectivity index (χ3n) is 5.09. The van der Waals surface area contributed by atoms with Gasteiger partial charge in [0.05, 0.1) is 34.5 Å². The number of nitrogens with one attached hydrogen (secondary N) is 2. The summed E-state index contributed by atoms with van der Waals surface area (Å²) in [7, 11) is 0. The van der Waals surface area contributed by atoms with Crippen LogP contribution in [0.1, 0.15) is 43.5 Å². The maximum Gasteiger partial charge on any atom is 0.243 e. The number of aryl methyl sites for hydroxylation is 2. The van der Waals surface area contributed by atoms with Crippen LogP contribution in [0.2, 0.25) is 0 Å². The first-order valence-electron chi connectivity index (χ1n) is 8.96. The van der Waals surface area contributed by atoms with E-state index in [2.05, 4.69) is 22.8 Å². The Hall–Kier alpha value is -2.77. The lowest BCUT2D eigenvalue weighted by Crippen LogP contribution is -2.44. The molecule has 0 saturated carbocycles. The summed E-state index contributed by atoms with van der Waals surface area (Å²) in [6.07, 6.45) is 0. The van der Waals surface area contributed by atoms with Crippen molar-refractivity contribution in [2.24, 2.45) is 11.3 Å². The Labute approximate surface area is 170 Å². The largest absolute Gasteiger partial charge is 0.349 e. The summed E-state index contributed by atoms with van der Waals surface area (Å²) in [4.78, 5) is 24.6. The normalized spacial score (nSPS) is 19.2. The van der Waals surface area contributed by atoms with Gasteiger partial charge in [0.1, 0.15) is 5.92 Å². The van der Waals surface area contributed by atoms with Gasteiger partial charge in [-0.05, 0) is 37.5 Å². The molecule has 1 aliphatic heterocycles. The fraction of sp³-hybridized carbons (Fsp3) is 0.429. The number of hydrogen-bond donors (Lipinski definition) is 2. The molecule has 0 aromatic heterocycles. The van der Waals surface area contributed by atoms with Gasteiger partial charge in [-0.2, -0.15) is 10.5 Å². The summed E-state index contributed by atoms with van der Waals surface area (Å²) in [6.45, 7) is 9.37. The van der Waals surface area contributed by atoms with Crippen molar-refractivity contribution in [2.75, 3.05) is 5.75 Å². The second-order valence-corrected chi connectivity index (χ2v) is 8.50. The molecular weight excluding hydrogens is 372 g/mol. The van der Waals surface area contributed by atoms with E-state index >= 15 is 0 Å². The van der Waals surface area contributed by atoms with E-state index in [1.54, 1.807) is 13.8 Å². The summed E-state index contributed by atoms with van der Waals surface area (Å²) in [5.74, 6) is -1.53. The van der Waals surface area contributed by atoms with E-state index in [0.29, 0.717) is 10.6 Å². The number of thioether (sulfide) groups is 1. The Balaban J connectivity index is 2.08. The highest BCUT2D eigenvalue weighted by molar-refractivity contribution is 8.03.